The number of pyridine rings is 1. The Kier molecular flexibility index (Phi) is 2.90. The number of hydrogen-bond donors (Lipinski definition) is 1. The Morgan fingerprint density at radius 1 is 1.20 bits per heavy atom. The van der Waals surface area contributed by atoms with Gasteiger partial charge in [-0.05, 0) is 24.3 Å². The van der Waals surface area contributed by atoms with E-state index in [1.807, 2.05) is 0 Å². The van der Waals surface area contributed by atoms with E-state index < -0.39 is 10.0 Å². The van der Waals surface area contributed by atoms with E-state index in [2.05, 4.69) is 9.38 Å². The van der Waals surface area contributed by atoms with Crippen molar-refractivity contribution in [2.75, 3.05) is 10.6 Å². The summed E-state index contributed by atoms with van der Waals surface area (Å²) in [5.41, 5.74) is 7.66. The zero-order valence-corrected chi connectivity index (χ0v) is 11.3. The molecule has 20 heavy (non-hydrogen) atoms. The molecule has 3 rings (SSSR count). The van der Waals surface area contributed by atoms with Crippen LogP contribution in [0.1, 0.15) is 5.69 Å². The van der Waals surface area contributed by atoms with Gasteiger partial charge in [-0.1, -0.05) is 12.1 Å². The number of aromatic nitrogens is 1. The number of nitrogens with two attached hydrogens (primary N) is 1. The largest absolute Gasteiger partial charge is 0.399 e. The van der Waals surface area contributed by atoms with Crippen LogP contribution in [0, 0.1) is 0 Å². The van der Waals surface area contributed by atoms with E-state index in [9.17, 15) is 8.42 Å². The van der Waals surface area contributed by atoms with Gasteiger partial charge in [0.1, 0.15) is 11.2 Å². The van der Waals surface area contributed by atoms with Gasteiger partial charge in [-0.25, -0.2) is 0 Å². The van der Waals surface area contributed by atoms with E-state index in [-0.39, 0.29) is 4.90 Å². The first-order valence-corrected chi connectivity index (χ1v) is 7.37. The second-order valence-electron chi connectivity index (χ2n) is 4.37. The third-order valence-corrected chi connectivity index (χ3v) is 4.22. The van der Waals surface area contributed by atoms with Gasteiger partial charge in [-0.15, -0.1) is 4.40 Å². The molecule has 0 unspecified atom stereocenters. The number of fused-ring (bicyclic) bond motifs is 1. The van der Waals surface area contributed by atoms with Gasteiger partial charge in [0.2, 0.25) is 0 Å². The molecule has 0 bridgehead atoms. The summed E-state index contributed by atoms with van der Waals surface area (Å²) in [6.07, 6.45) is 2.93. The summed E-state index contributed by atoms with van der Waals surface area (Å²) in [5, 5.41) is 0. The highest BCUT2D eigenvalue weighted by Gasteiger charge is 2.24. The maximum atomic E-state index is 11.9. The van der Waals surface area contributed by atoms with Gasteiger partial charge < -0.3 is 10.6 Å². The molecular formula is C13H12N4O2S. The third-order valence-electron chi connectivity index (χ3n) is 2.95. The number of benzene rings is 1. The average Bonchev–Trinajstić information content (AvgIpc) is 2.43. The van der Waals surface area contributed by atoms with Crippen molar-refractivity contribution in [3.8, 4) is 0 Å². The fraction of sp³-hybridized carbons (Fsp3) is 0.0769. The Hall–Kier alpha value is -2.41. The van der Waals surface area contributed by atoms with Crippen LogP contribution in [-0.4, -0.2) is 19.7 Å². The van der Waals surface area contributed by atoms with Crippen LogP contribution in [0.25, 0.3) is 0 Å². The van der Waals surface area contributed by atoms with Gasteiger partial charge in [0, 0.05) is 11.9 Å². The van der Waals surface area contributed by atoms with E-state index in [0.29, 0.717) is 17.9 Å². The van der Waals surface area contributed by atoms with Crippen LogP contribution < -0.4 is 10.6 Å². The monoisotopic (exact) mass is 288 g/mol. The van der Waals surface area contributed by atoms with Crippen molar-refractivity contribution >= 4 is 27.7 Å². The summed E-state index contributed by atoms with van der Waals surface area (Å²) < 4.78 is 27.3. The minimum Gasteiger partial charge on any atom is -0.399 e. The third kappa shape index (κ3) is 2.23. The molecule has 0 spiro atoms. The topological polar surface area (TPSA) is 88.7 Å². The SMILES string of the molecule is Nc1ccnc(CN2C=NS(=O)(=O)c3ccccc32)c1. The molecule has 2 N–H and O–H groups in total. The van der Waals surface area contributed by atoms with E-state index in [1.165, 1.54) is 6.34 Å². The molecule has 7 heteroatoms. The second-order valence-corrected chi connectivity index (χ2v) is 5.97. The van der Waals surface area contributed by atoms with E-state index >= 15 is 0 Å². The summed E-state index contributed by atoms with van der Waals surface area (Å²) in [6.45, 7) is 0.404. The van der Waals surface area contributed by atoms with Crippen molar-refractivity contribution in [2.45, 2.75) is 11.4 Å². The van der Waals surface area contributed by atoms with Gasteiger partial charge in [-0.2, -0.15) is 8.42 Å². The molecule has 2 aromatic rings. The summed E-state index contributed by atoms with van der Waals surface area (Å²) in [5.74, 6) is 0. The molecule has 1 aliphatic rings. The number of sulfonamides is 1. The fourth-order valence-electron chi connectivity index (χ4n) is 2.03. The number of nitrogen functional groups attached to an aromatic ring is 1. The molecule has 102 valence electrons. The highest BCUT2D eigenvalue weighted by atomic mass is 32.2. The number of anilines is 2. The highest BCUT2D eigenvalue weighted by Crippen LogP contribution is 2.30. The molecule has 0 saturated carbocycles. The first kappa shape index (κ1) is 12.6. The van der Waals surface area contributed by atoms with Gasteiger partial charge in [0.25, 0.3) is 10.0 Å². The molecular weight excluding hydrogens is 276 g/mol. The fourth-order valence-corrected chi connectivity index (χ4v) is 3.09. The molecule has 1 aromatic carbocycles. The predicted octanol–water partition coefficient (Wildman–Crippen LogP) is 1.40. The van der Waals surface area contributed by atoms with E-state index in [1.54, 1.807) is 47.5 Å². The van der Waals surface area contributed by atoms with Crippen LogP contribution in [0.15, 0.2) is 51.9 Å². The lowest BCUT2D eigenvalue weighted by Gasteiger charge is -2.24. The van der Waals surface area contributed by atoms with Crippen LogP contribution in [-0.2, 0) is 16.6 Å². The molecule has 6 nitrogen and oxygen atoms in total. The lowest BCUT2D eigenvalue weighted by Crippen LogP contribution is -2.27. The molecule has 0 aliphatic carbocycles. The Labute approximate surface area is 116 Å². The summed E-state index contributed by atoms with van der Waals surface area (Å²) in [4.78, 5) is 6.14. The molecule has 0 amide bonds. The summed E-state index contributed by atoms with van der Waals surface area (Å²) >= 11 is 0. The first-order chi connectivity index (χ1) is 9.56. The van der Waals surface area contributed by atoms with Gasteiger partial charge in [0.15, 0.2) is 0 Å². The molecule has 1 aliphatic heterocycles. The van der Waals surface area contributed by atoms with E-state index in [0.717, 1.165) is 5.69 Å². The van der Waals surface area contributed by atoms with Crippen molar-refractivity contribution < 1.29 is 8.42 Å². The maximum Gasteiger partial charge on any atom is 0.285 e. The van der Waals surface area contributed by atoms with Crippen LogP contribution in [0.4, 0.5) is 11.4 Å². The van der Waals surface area contributed by atoms with Crippen LogP contribution in [0.5, 0.6) is 0 Å². The zero-order chi connectivity index (χ0) is 14.2. The average molecular weight is 288 g/mol. The summed E-state index contributed by atoms with van der Waals surface area (Å²) in [6, 6.07) is 10.2. The molecule has 0 saturated heterocycles. The standard InChI is InChI=1S/C13H12N4O2S/c14-10-5-6-15-11(7-10)8-17-9-16-20(18,19)13-4-2-1-3-12(13)17/h1-7,9H,8H2,(H2,14,15). The van der Waals surface area contributed by atoms with Gasteiger partial charge in [-0.3, -0.25) is 4.98 Å². The molecule has 0 atom stereocenters. The summed E-state index contributed by atoms with van der Waals surface area (Å²) in [7, 11) is -3.59. The first-order valence-electron chi connectivity index (χ1n) is 5.93. The number of nitrogens with zero attached hydrogens (tertiary/aromatic N) is 3. The lowest BCUT2D eigenvalue weighted by atomic mass is 10.2. The van der Waals surface area contributed by atoms with Crippen molar-refractivity contribution in [2.24, 2.45) is 4.40 Å². The van der Waals surface area contributed by atoms with Crippen LogP contribution >= 0.6 is 0 Å². The maximum absolute atomic E-state index is 11.9. The Morgan fingerprint density at radius 2 is 2.00 bits per heavy atom. The van der Waals surface area contributed by atoms with Crippen molar-refractivity contribution in [1.82, 2.24) is 4.98 Å². The number of hydrogen-bond acceptors (Lipinski definition) is 5. The van der Waals surface area contributed by atoms with Crippen LogP contribution in [0.3, 0.4) is 0 Å². The normalized spacial score (nSPS) is 15.9. The Bertz CT molecular complexity index is 786. The zero-order valence-electron chi connectivity index (χ0n) is 10.5. The molecule has 0 fully saturated rings. The lowest BCUT2D eigenvalue weighted by molar-refractivity contribution is 0.597. The number of rotatable bonds is 2. The number of para-hydroxylation sites is 1. The minimum absolute atomic E-state index is 0.200. The van der Waals surface area contributed by atoms with Gasteiger partial charge >= 0.3 is 0 Å². The van der Waals surface area contributed by atoms with Crippen molar-refractivity contribution in [1.29, 1.82) is 0 Å². The van der Waals surface area contributed by atoms with Gasteiger partial charge in [0.05, 0.1) is 17.9 Å². The van der Waals surface area contributed by atoms with Crippen molar-refractivity contribution in [3.05, 3.63) is 48.3 Å². The highest BCUT2D eigenvalue weighted by molar-refractivity contribution is 7.90. The molecule has 0 radical (unpaired) electrons. The van der Waals surface area contributed by atoms with Crippen molar-refractivity contribution in [3.63, 3.8) is 0 Å². The smallest absolute Gasteiger partial charge is 0.285 e. The van der Waals surface area contributed by atoms with Crippen LogP contribution in [0.2, 0.25) is 0 Å². The second kappa shape index (κ2) is 4.61. The quantitative estimate of drug-likeness (QED) is 0.902. The molecule has 1 aromatic heterocycles. The van der Waals surface area contributed by atoms with E-state index in [4.69, 9.17) is 5.73 Å². The Balaban J connectivity index is 2.00. The Morgan fingerprint density at radius 3 is 2.80 bits per heavy atom. The minimum atomic E-state index is -3.59. The molecule has 2 heterocycles. The predicted molar refractivity (Wildman–Crippen MR) is 77.0 cm³/mol.